The van der Waals surface area contributed by atoms with Crippen molar-refractivity contribution >= 4 is 17.6 Å². The van der Waals surface area contributed by atoms with Crippen LogP contribution in [-0.2, 0) is 16.1 Å². The third-order valence-corrected chi connectivity index (χ3v) is 3.87. The van der Waals surface area contributed by atoms with Gasteiger partial charge in [0.15, 0.2) is 6.61 Å². The standard InChI is InChI=1S/C19H21FN2O3/c1-3-22(11-14-7-5-8-15(20)10-14)17(23)12-25-19(24)16-9-4-6-13(2)18(16)21/h4-10H,3,11-12,21H2,1-2H3. The first kappa shape index (κ1) is 18.4. The van der Waals surface area contributed by atoms with Crippen LogP contribution in [0.3, 0.4) is 0 Å². The van der Waals surface area contributed by atoms with Crippen LogP contribution in [0.5, 0.6) is 0 Å². The third-order valence-electron chi connectivity index (χ3n) is 3.87. The number of nitrogens with two attached hydrogens (primary N) is 1. The van der Waals surface area contributed by atoms with E-state index in [1.165, 1.54) is 17.0 Å². The maximum atomic E-state index is 13.3. The molecule has 6 heteroatoms. The van der Waals surface area contributed by atoms with Crippen molar-refractivity contribution < 1.29 is 18.7 Å². The number of amides is 1. The van der Waals surface area contributed by atoms with Gasteiger partial charge in [0.1, 0.15) is 5.82 Å². The van der Waals surface area contributed by atoms with E-state index in [9.17, 15) is 14.0 Å². The Morgan fingerprint density at radius 3 is 2.60 bits per heavy atom. The van der Waals surface area contributed by atoms with Gasteiger partial charge in [-0.15, -0.1) is 0 Å². The first-order valence-corrected chi connectivity index (χ1v) is 7.96. The summed E-state index contributed by atoms with van der Waals surface area (Å²) in [6.45, 7) is 3.86. The van der Waals surface area contributed by atoms with E-state index in [0.29, 0.717) is 17.8 Å². The number of aryl methyl sites for hydroxylation is 1. The van der Waals surface area contributed by atoms with Crippen molar-refractivity contribution in [1.29, 1.82) is 0 Å². The van der Waals surface area contributed by atoms with Crippen LogP contribution in [0.15, 0.2) is 42.5 Å². The number of likely N-dealkylation sites (N-methyl/N-ethyl adjacent to an activating group) is 1. The number of rotatable bonds is 6. The molecule has 5 nitrogen and oxygen atoms in total. The van der Waals surface area contributed by atoms with Gasteiger partial charge in [0.2, 0.25) is 0 Å². The largest absolute Gasteiger partial charge is 0.452 e. The second-order valence-electron chi connectivity index (χ2n) is 5.65. The number of para-hydroxylation sites is 1. The van der Waals surface area contributed by atoms with E-state index in [2.05, 4.69) is 0 Å². The van der Waals surface area contributed by atoms with Crippen molar-refractivity contribution in [3.8, 4) is 0 Å². The van der Waals surface area contributed by atoms with Crippen LogP contribution in [0.4, 0.5) is 10.1 Å². The van der Waals surface area contributed by atoms with Crippen LogP contribution in [0, 0.1) is 12.7 Å². The molecule has 0 aliphatic carbocycles. The Balaban J connectivity index is 1.97. The van der Waals surface area contributed by atoms with Gasteiger partial charge in [-0.3, -0.25) is 4.79 Å². The molecule has 132 valence electrons. The molecule has 2 N–H and O–H groups in total. The minimum atomic E-state index is -0.642. The molecule has 25 heavy (non-hydrogen) atoms. The number of carbonyl (C=O) groups excluding carboxylic acids is 2. The summed E-state index contributed by atoms with van der Waals surface area (Å²) in [5.41, 5.74) is 7.87. The average Bonchev–Trinajstić information content (AvgIpc) is 2.59. The van der Waals surface area contributed by atoms with E-state index in [-0.39, 0.29) is 23.8 Å². The predicted molar refractivity (Wildman–Crippen MR) is 93.4 cm³/mol. The molecule has 0 saturated carbocycles. The number of anilines is 1. The maximum absolute atomic E-state index is 13.3. The zero-order valence-corrected chi connectivity index (χ0v) is 14.3. The summed E-state index contributed by atoms with van der Waals surface area (Å²) >= 11 is 0. The van der Waals surface area contributed by atoms with Crippen LogP contribution < -0.4 is 5.73 Å². The number of carbonyl (C=O) groups is 2. The number of benzene rings is 2. The topological polar surface area (TPSA) is 72.6 Å². The Labute approximate surface area is 146 Å². The van der Waals surface area contributed by atoms with Crippen molar-refractivity contribution in [2.24, 2.45) is 0 Å². The van der Waals surface area contributed by atoms with Crippen LogP contribution in [0.25, 0.3) is 0 Å². The lowest BCUT2D eigenvalue weighted by Gasteiger charge is -2.21. The summed E-state index contributed by atoms with van der Waals surface area (Å²) in [5.74, 6) is -1.36. The highest BCUT2D eigenvalue weighted by molar-refractivity contribution is 5.96. The van der Waals surface area contributed by atoms with Crippen molar-refractivity contribution in [1.82, 2.24) is 4.90 Å². The van der Waals surface area contributed by atoms with Crippen molar-refractivity contribution in [2.45, 2.75) is 20.4 Å². The Hall–Kier alpha value is -2.89. The molecule has 1 amide bonds. The van der Waals surface area contributed by atoms with Crippen LogP contribution in [-0.4, -0.2) is 29.9 Å². The van der Waals surface area contributed by atoms with E-state index in [1.807, 2.05) is 0 Å². The van der Waals surface area contributed by atoms with Gasteiger partial charge in [0, 0.05) is 18.8 Å². The molecule has 2 aromatic carbocycles. The highest BCUT2D eigenvalue weighted by Crippen LogP contribution is 2.17. The predicted octanol–water partition coefficient (Wildman–Crippen LogP) is 2.92. The summed E-state index contributed by atoms with van der Waals surface area (Å²) < 4.78 is 18.3. The molecule has 0 aliphatic heterocycles. The number of nitrogens with zero attached hydrogens (tertiary/aromatic N) is 1. The number of hydrogen-bond donors (Lipinski definition) is 1. The van der Waals surface area contributed by atoms with Gasteiger partial charge in [0.25, 0.3) is 5.91 Å². The smallest absolute Gasteiger partial charge is 0.340 e. The molecular weight excluding hydrogens is 323 g/mol. The van der Waals surface area contributed by atoms with Gasteiger partial charge in [-0.25, -0.2) is 9.18 Å². The van der Waals surface area contributed by atoms with Gasteiger partial charge in [-0.2, -0.15) is 0 Å². The van der Waals surface area contributed by atoms with E-state index >= 15 is 0 Å². The van der Waals surface area contributed by atoms with E-state index in [0.717, 1.165) is 5.56 Å². The van der Waals surface area contributed by atoms with Crippen molar-refractivity contribution in [3.63, 3.8) is 0 Å². The molecule has 0 spiro atoms. The van der Waals surface area contributed by atoms with Crippen molar-refractivity contribution in [3.05, 3.63) is 65.0 Å². The highest BCUT2D eigenvalue weighted by atomic mass is 19.1. The highest BCUT2D eigenvalue weighted by Gasteiger charge is 2.17. The molecule has 0 fully saturated rings. The fourth-order valence-corrected chi connectivity index (χ4v) is 2.39. The molecule has 0 saturated heterocycles. The lowest BCUT2D eigenvalue weighted by Crippen LogP contribution is -2.34. The normalized spacial score (nSPS) is 10.4. The van der Waals surface area contributed by atoms with Crippen molar-refractivity contribution in [2.75, 3.05) is 18.9 Å². The maximum Gasteiger partial charge on any atom is 0.340 e. The third kappa shape index (κ3) is 4.79. The number of nitrogen functional groups attached to an aromatic ring is 1. The summed E-state index contributed by atoms with van der Waals surface area (Å²) in [5, 5.41) is 0. The SMILES string of the molecule is CCN(Cc1cccc(F)c1)C(=O)COC(=O)c1cccc(C)c1N. The lowest BCUT2D eigenvalue weighted by molar-refractivity contribution is -0.134. The number of ether oxygens (including phenoxy) is 1. The van der Waals surface area contributed by atoms with E-state index in [1.54, 1.807) is 44.2 Å². The summed E-state index contributed by atoms with van der Waals surface area (Å²) in [6.07, 6.45) is 0. The fourth-order valence-electron chi connectivity index (χ4n) is 2.39. The monoisotopic (exact) mass is 344 g/mol. The summed E-state index contributed by atoms with van der Waals surface area (Å²) in [4.78, 5) is 25.9. The number of halogens is 1. The second-order valence-corrected chi connectivity index (χ2v) is 5.65. The Morgan fingerprint density at radius 2 is 1.92 bits per heavy atom. The second kappa shape index (κ2) is 8.28. The molecule has 0 radical (unpaired) electrons. The van der Waals surface area contributed by atoms with Crippen LogP contribution >= 0.6 is 0 Å². The minimum absolute atomic E-state index is 0.237. The zero-order valence-electron chi connectivity index (χ0n) is 14.3. The lowest BCUT2D eigenvalue weighted by atomic mass is 10.1. The molecule has 0 atom stereocenters. The molecule has 0 unspecified atom stereocenters. The summed E-state index contributed by atoms with van der Waals surface area (Å²) in [6, 6.07) is 11.1. The van der Waals surface area contributed by atoms with Crippen LogP contribution in [0.1, 0.15) is 28.4 Å². The molecule has 0 bridgehead atoms. The number of hydrogen-bond acceptors (Lipinski definition) is 4. The molecule has 0 aliphatic rings. The van der Waals surface area contributed by atoms with Crippen LogP contribution in [0.2, 0.25) is 0 Å². The van der Waals surface area contributed by atoms with E-state index in [4.69, 9.17) is 10.5 Å². The Bertz CT molecular complexity index is 777. The molecular formula is C19H21FN2O3. The Morgan fingerprint density at radius 1 is 1.20 bits per heavy atom. The first-order chi connectivity index (χ1) is 11.9. The summed E-state index contributed by atoms with van der Waals surface area (Å²) in [7, 11) is 0. The zero-order chi connectivity index (χ0) is 18.4. The molecule has 0 heterocycles. The Kier molecular flexibility index (Phi) is 6.11. The molecule has 2 aromatic rings. The average molecular weight is 344 g/mol. The van der Waals surface area contributed by atoms with Gasteiger partial charge in [-0.05, 0) is 43.2 Å². The fraction of sp³-hybridized carbons (Fsp3) is 0.263. The van der Waals surface area contributed by atoms with E-state index < -0.39 is 12.6 Å². The van der Waals surface area contributed by atoms with Gasteiger partial charge < -0.3 is 15.4 Å². The van der Waals surface area contributed by atoms with Gasteiger partial charge >= 0.3 is 5.97 Å². The first-order valence-electron chi connectivity index (χ1n) is 7.96. The minimum Gasteiger partial charge on any atom is -0.452 e. The number of esters is 1. The molecule has 0 aromatic heterocycles. The molecule has 2 rings (SSSR count). The van der Waals surface area contributed by atoms with Gasteiger partial charge in [-0.1, -0.05) is 24.3 Å². The quantitative estimate of drug-likeness (QED) is 0.646. The van der Waals surface area contributed by atoms with Gasteiger partial charge in [0.05, 0.1) is 5.56 Å².